The van der Waals surface area contributed by atoms with Gasteiger partial charge in [0.05, 0.1) is 5.69 Å². The Bertz CT molecular complexity index is 466. The summed E-state index contributed by atoms with van der Waals surface area (Å²) in [4.78, 5) is 0. The van der Waals surface area contributed by atoms with Crippen molar-refractivity contribution < 1.29 is 4.52 Å². The van der Waals surface area contributed by atoms with Crippen molar-refractivity contribution in [2.45, 2.75) is 63.2 Å². The number of aryl methyl sites for hydroxylation is 1. The Kier molecular flexibility index (Phi) is 1.79. The van der Waals surface area contributed by atoms with E-state index in [1.165, 1.54) is 68.4 Å². The lowest BCUT2D eigenvalue weighted by atomic mass is 9.48. The van der Waals surface area contributed by atoms with Crippen molar-refractivity contribution in [3.63, 3.8) is 0 Å². The molecule has 0 aromatic carbocycles. The lowest BCUT2D eigenvalue weighted by Crippen LogP contribution is -2.48. The summed E-state index contributed by atoms with van der Waals surface area (Å²) >= 11 is 0. The summed E-state index contributed by atoms with van der Waals surface area (Å²) in [6.45, 7) is 0. The molecule has 4 saturated carbocycles. The van der Waals surface area contributed by atoms with Crippen molar-refractivity contribution in [3.8, 4) is 0 Å². The Morgan fingerprint density at radius 2 is 1.61 bits per heavy atom. The third-order valence-electron chi connectivity index (χ3n) is 6.23. The van der Waals surface area contributed by atoms with E-state index in [2.05, 4.69) is 5.16 Å². The van der Waals surface area contributed by atoms with E-state index in [1.54, 1.807) is 0 Å². The van der Waals surface area contributed by atoms with Crippen LogP contribution in [-0.4, -0.2) is 5.16 Å². The fraction of sp³-hybridized carbons (Fsp3) is 0.812. The lowest BCUT2D eigenvalue weighted by molar-refractivity contribution is -0.0181. The second kappa shape index (κ2) is 3.20. The van der Waals surface area contributed by atoms with Crippen LogP contribution in [0.2, 0.25) is 0 Å². The molecule has 0 amide bonds. The Morgan fingerprint density at radius 1 is 0.944 bits per heavy atom. The standard InChI is InChI=1S/C16H21NO/c1-2-13-14(3-1)17-18-15(13)16-7-10-4-11(8-16)6-12(5-10)9-16/h10-12H,1-9H2. The maximum atomic E-state index is 5.87. The van der Waals surface area contributed by atoms with E-state index >= 15 is 0 Å². The molecule has 2 heteroatoms. The molecule has 0 spiro atoms. The van der Waals surface area contributed by atoms with Crippen molar-refractivity contribution in [2.24, 2.45) is 17.8 Å². The van der Waals surface area contributed by atoms with Crippen LogP contribution in [0.4, 0.5) is 0 Å². The summed E-state index contributed by atoms with van der Waals surface area (Å²) in [5.74, 6) is 4.34. The summed E-state index contributed by atoms with van der Waals surface area (Å²) in [5.41, 5.74) is 3.23. The Labute approximate surface area is 108 Å². The van der Waals surface area contributed by atoms with E-state index in [0.717, 1.165) is 24.2 Å². The Morgan fingerprint density at radius 3 is 2.28 bits per heavy atom. The van der Waals surface area contributed by atoms with Gasteiger partial charge >= 0.3 is 0 Å². The van der Waals surface area contributed by atoms with E-state index in [1.807, 2.05) is 0 Å². The van der Waals surface area contributed by atoms with Crippen LogP contribution < -0.4 is 0 Å². The molecule has 6 rings (SSSR count). The second-order valence-corrected chi connectivity index (χ2v) is 7.49. The third kappa shape index (κ3) is 1.17. The molecule has 2 nitrogen and oxygen atoms in total. The summed E-state index contributed by atoms with van der Waals surface area (Å²) in [7, 11) is 0. The molecule has 0 N–H and O–H groups in total. The SMILES string of the molecule is C1Cc2noc(C34CC5CC(CC(C5)C3)C4)c2C1. The highest BCUT2D eigenvalue weighted by Crippen LogP contribution is 2.61. The summed E-state index contributed by atoms with van der Waals surface area (Å²) in [6, 6.07) is 0. The highest BCUT2D eigenvalue weighted by molar-refractivity contribution is 5.34. The van der Waals surface area contributed by atoms with Gasteiger partial charge < -0.3 is 4.52 Å². The normalized spacial score (nSPS) is 44.6. The molecule has 1 heterocycles. The first kappa shape index (κ1) is 10.1. The van der Waals surface area contributed by atoms with E-state index in [-0.39, 0.29) is 0 Å². The fourth-order valence-electron chi connectivity index (χ4n) is 6.03. The highest BCUT2D eigenvalue weighted by atomic mass is 16.5. The van der Waals surface area contributed by atoms with E-state index in [4.69, 9.17) is 4.52 Å². The molecular formula is C16H21NO. The van der Waals surface area contributed by atoms with Gasteiger partial charge in [-0.25, -0.2) is 0 Å². The van der Waals surface area contributed by atoms with Gasteiger partial charge in [0, 0.05) is 11.0 Å². The molecule has 96 valence electrons. The minimum atomic E-state index is 0.416. The molecule has 0 saturated heterocycles. The van der Waals surface area contributed by atoms with Crippen LogP contribution in [0.25, 0.3) is 0 Å². The number of fused-ring (bicyclic) bond motifs is 1. The predicted octanol–water partition coefficient (Wildman–Crippen LogP) is 3.63. The van der Waals surface area contributed by atoms with Crippen molar-refractivity contribution in [1.82, 2.24) is 5.16 Å². The zero-order valence-electron chi connectivity index (χ0n) is 11.0. The van der Waals surface area contributed by atoms with Crippen LogP contribution in [-0.2, 0) is 18.3 Å². The first-order valence-corrected chi connectivity index (χ1v) is 7.80. The summed E-state index contributed by atoms with van der Waals surface area (Å²) in [5, 5.41) is 4.38. The van der Waals surface area contributed by atoms with Gasteiger partial charge in [-0.1, -0.05) is 5.16 Å². The first-order chi connectivity index (χ1) is 8.82. The zero-order chi connectivity index (χ0) is 11.7. The largest absolute Gasteiger partial charge is 0.360 e. The van der Waals surface area contributed by atoms with Crippen LogP contribution in [0.1, 0.15) is 62.0 Å². The molecule has 0 radical (unpaired) electrons. The van der Waals surface area contributed by atoms with E-state index in [0.29, 0.717) is 5.41 Å². The molecule has 1 aromatic heterocycles. The minimum Gasteiger partial charge on any atom is -0.360 e. The molecule has 5 aliphatic rings. The molecule has 4 bridgehead atoms. The molecule has 18 heavy (non-hydrogen) atoms. The zero-order valence-corrected chi connectivity index (χ0v) is 11.0. The lowest BCUT2D eigenvalue weighted by Gasteiger charge is -2.55. The molecule has 0 atom stereocenters. The maximum Gasteiger partial charge on any atom is 0.146 e. The van der Waals surface area contributed by atoms with Gasteiger partial charge in [-0.15, -0.1) is 0 Å². The summed E-state index contributed by atoms with van der Waals surface area (Å²) in [6.07, 6.45) is 12.4. The van der Waals surface area contributed by atoms with Crippen LogP contribution >= 0.6 is 0 Å². The predicted molar refractivity (Wildman–Crippen MR) is 68.4 cm³/mol. The number of hydrogen-bond acceptors (Lipinski definition) is 2. The van der Waals surface area contributed by atoms with Crippen LogP contribution in [0, 0.1) is 17.8 Å². The molecule has 5 aliphatic carbocycles. The van der Waals surface area contributed by atoms with Gasteiger partial charge in [-0.3, -0.25) is 0 Å². The average molecular weight is 243 g/mol. The van der Waals surface area contributed by atoms with Crippen molar-refractivity contribution in [3.05, 3.63) is 17.0 Å². The summed E-state index contributed by atoms with van der Waals surface area (Å²) < 4.78 is 5.87. The molecule has 0 aliphatic heterocycles. The van der Waals surface area contributed by atoms with Crippen LogP contribution in [0.5, 0.6) is 0 Å². The molecular weight excluding hydrogens is 222 g/mol. The van der Waals surface area contributed by atoms with Gasteiger partial charge in [-0.2, -0.15) is 0 Å². The van der Waals surface area contributed by atoms with Gasteiger partial charge in [0.15, 0.2) is 0 Å². The van der Waals surface area contributed by atoms with Gasteiger partial charge in [0.25, 0.3) is 0 Å². The average Bonchev–Trinajstić information content (AvgIpc) is 2.87. The quantitative estimate of drug-likeness (QED) is 0.752. The highest BCUT2D eigenvalue weighted by Gasteiger charge is 2.54. The molecule has 0 unspecified atom stereocenters. The molecule has 1 aromatic rings. The van der Waals surface area contributed by atoms with Crippen LogP contribution in [0.3, 0.4) is 0 Å². The van der Waals surface area contributed by atoms with Crippen LogP contribution in [0.15, 0.2) is 4.52 Å². The van der Waals surface area contributed by atoms with Crippen molar-refractivity contribution in [1.29, 1.82) is 0 Å². The Hall–Kier alpha value is -0.790. The number of aromatic nitrogens is 1. The van der Waals surface area contributed by atoms with Gasteiger partial charge in [0.2, 0.25) is 0 Å². The Balaban J connectivity index is 1.62. The van der Waals surface area contributed by atoms with E-state index < -0.39 is 0 Å². The fourth-order valence-corrected chi connectivity index (χ4v) is 6.03. The van der Waals surface area contributed by atoms with Crippen molar-refractivity contribution >= 4 is 0 Å². The number of rotatable bonds is 1. The molecule has 4 fully saturated rings. The number of nitrogens with zero attached hydrogens (tertiary/aromatic N) is 1. The smallest absolute Gasteiger partial charge is 0.146 e. The monoisotopic (exact) mass is 243 g/mol. The van der Waals surface area contributed by atoms with Gasteiger partial charge in [-0.05, 0) is 75.5 Å². The van der Waals surface area contributed by atoms with E-state index in [9.17, 15) is 0 Å². The number of hydrogen-bond donors (Lipinski definition) is 0. The van der Waals surface area contributed by atoms with Crippen molar-refractivity contribution in [2.75, 3.05) is 0 Å². The maximum absolute atomic E-state index is 5.87. The first-order valence-electron chi connectivity index (χ1n) is 7.80. The topological polar surface area (TPSA) is 26.0 Å². The second-order valence-electron chi connectivity index (χ2n) is 7.49. The van der Waals surface area contributed by atoms with Gasteiger partial charge in [0.1, 0.15) is 5.76 Å². The minimum absolute atomic E-state index is 0.416. The third-order valence-corrected chi connectivity index (χ3v) is 6.23.